The normalized spacial score (nSPS) is 17.1. The van der Waals surface area contributed by atoms with E-state index in [9.17, 15) is 9.59 Å². The van der Waals surface area contributed by atoms with Gasteiger partial charge in [-0.2, -0.15) is 0 Å². The molecule has 1 fully saturated rings. The molecule has 1 aliphatic heterocycles. The molecule has 0 N–H and O–H groups in total. The summed E-state index contributed by atoms with van der Waals surface area (Å²) in [5, 5.41) is 0. The smallest absolute Gasteiger partial charge is 0.410 e. The number of Topliss-reactive ketones (excluding diaryl/α,β-unsaturated/α-hetero) is 1. The van der Waals surface area contributed by atoms with Crippen molar-refractivity contribution in [3.8, 4) is 11.5 Å². The van der Waals surface area contributed by atoms with Gasteiger partial charge in [0.25, 0.3) is 0 Å². The molecule has 1 amide bonds. The fraction of sp³-hybridized carbons (Fsp3) is 0.579. The molecule has 0 saturated carbocycles. The van der Waals surface area contributed by atoms with E-state index >= 15 is 0 Å². The van der Waals surface area contributed by atoms with Crippen LogP contribution in [0.2, 0.25) is 0 Å². The van der Waals surface area contributed by atoms with Gasteiger partial charge in [0.15, 0.2) is 17.3 Å². The van der Waals surface area contributed by atoms with Crippen LogP contribution in [0.5, 0.6) is 11.5 Å². The van der Waals surface area contributed by atoms with Gasteiger partial charge < -0.3 is 19.1 Å². The second-order valence-corrected chi connectivity index (χ2v) is 8.32. The number of carbonyl (C=O) groups is 2. The Hall–Kier alpha value is -1.76. The zero-order valence-corrected chi connectivity index (χ0v) is 17.3. The van der Waals surface area contributed by atoms with Crippen LogP contribution in [0.4, 0.5) is 4.79 Å². The maximum atomic E-state index is 12.2. The third-order valence-electron chi connectivity index (χ3n) is 3.97. The molecule has 1 heterocycles. The average Bonchev–Trinajstić information content (AvgIpc) is 3.00. The van der Waals surface area contributed by atoms with Crippen molar-refractivity contribution in [2.75, 3.05) is 26.8 Å². The summed E-state index contributed by atoms with van der Waals surface area (Å²) in [6.07, 6.45) is 0.869. The van der Waals surface area contributed by atoms with Crippen LogP contribution in [0.25, 0.3) is 0 Å². The number of rotatable bonds is 6. The highest BCUT2D eigenvalue weighted by atomic mass is 79.9. The first kappa shape index (κ1) is 20.6. The van der Waals surface area contributed by atoms with E-state index in [0.29, 0.717) is 31.0 Å². The lowest BCUT2D eigenvalue weighted by Gasteiger charge is -2.24. The molecule has 26 heavy (non-hydrogen) atoms. The number of carbonyl (C=O) groups excluding carboxylic acids is 2. The Balaban J connectivity index is 1.79. The van der Waals surface area contributed by atoms with E-state index in [2.05, 4.69) is 15.9 Å². The first-order valence-corrected chi connectivity index (χ1v) is 9.43. The number of likely N-dealkylation sites (tertiary alicyclic amines) is 1. The van der Waals surface area contributed by atoms with Crippen LogP contribution >= 0.6 is 15.9 Å². The highest BCUT2D eigenvalue weighted by molar-refractivity contribution is 9.10. The van der Waals surface area contributed by atoms with Crippen LogP contribution in [0.1, 0.15) is 33.6 Å². The molecule has 1 saturated heterocycles. The molecule has 144 valence electrons. The topological polar surface area (TPSA) is 65.1 Å². The summed E-state index contributed by atoms with van der Waals surface area (Å²) in [4.78, 5) is 26.0. The Morgan fingerprint density at radius 1 is 1.27 bits per heavy atom. The molecule has 0 spiro atoms. The molecular formula is C19H26BrNO5. The molecule has 2 rings (SSSR count). The number of amides is 1. The Labute approximate surface area is 162 Å². The number of hydrogen-bond donors (Lipinski definition) is 0. The van der Waals surface area contributed by atoms with E-state index in [-0.39, 0.29) is 24.4 Å². The van der Waals surface area contributed by atoms with Crippen molar-refractivity contribution < 1.29 is 23.8 Å². The molecule has 0 aromatic heterocycles. The largest absolute Gasteiger partial charge is 0.493 e. The van der Waals surface area contributed by atoms with Crippen LogP contribution in [0.15, 0.2) is 22.7 Å². The van der Waals surface area contributed by atoms with E-state index in [4.69, 9.17) is 14.2 Å². The Morgan fingerprint density at radius 2 is 2.00 bits per heavy atom. The lowest BCUT2D eigenvalue weighted by atomic mass is 10.0. The van der Waals surface area contributed by atoms with Crippen molar-refractivity contribution in [3.63, 3.8) is 0 Å². The maximum Gasteiger partial charge on any atom is 0.410 e. The van der Waals surface area contributed by atoms with Crippen molar-refractivity contribution in [3.05, 3.63) is 22.7 Å². The van der Waals surface area contributed by atoms with Crippen LogP contribution in [0, 0.1) is 5.92 Å². The minimum absolute atomic E-state index is 0.00557. The minimum atomic E-state index is -0.511. The standard InChI is InChI=1S/C19H26BrNO5/c1-19(2,3)26-18(23)21-8-7-13(11-21)9-15(22)12-25-16-6-5-14(20)10-17(16)24-4/h5-6,10,13H,7-9,11-12H2,1-4H3. The maximum absolute atomic E-state index is 12.2. The van der Waals surface area contributed by atoms with E-state index in [1.165, 1.54) is 0 Å². The van der Waals surface area contributed by atoms with Gasteiger partial charge in [0, 0.05) is 24.0 Å². The minimum Gasteiger partial charge on any atom is -0.493 e. The van der Waals surface area contributed by atoms with Gasteiger partial charge in [-0.05, 0) is 51.3 Å². The second kappa shape index (κ2) is 8.75. The molecule has 7 heteroatoms. The number of methoxy groups -OCH3 is 1. The van der Waals surface area contributed by atoms with Crippen LogP contribution < -0.4 is 9.47 Å². The first-order chi connectivity index (χ1) is 12.2. The lowest BCUT2D eigenvalue weighted by molar-refractivity contribution is -0.121. The molecule has 1 aliphatic rings. The second-order valence-electron chi connectivity index (χ2n) is 7.41. The van der Waals surface area contributed by atoms with Gasteiger partial charge in [0.2, 0.25) is 0 Å². The summed E-state index contributed by atoms with van der Waals surface area (Å²) >= 11 is 3.37. The number of hydrogen-bond acceptors (Lipinski definition) is 5. The van der Waals surface area contributed by atoms with Gasteiger partial charge in [0.05, 0.1) is 7.11 Å². The van der Waals surface area contributed by atoms with Gasteiger partial charge in [-0.25, -0.2) is 4.79 Å². The van der Waals surface area contributed by atoms with E-state index in [1.807, 2.05) is 26.8 Å². The third kappa shape index (κ3) is 6.20. The molecule has 1 aromatic rings. The summed E-state index contributed by atoms with van der Waals surface area (Å²) < 4.78 is 17.1. The average molecular weight is 428 g/mol. The van der Waals surface area contributed by atoms with E-state index in [0.717, 1.165) is 10.9 Å². The molecule has 0 aliphatic carbocycles. The van der Waals surface area contributed by atoms with Gasteiger partial charge in [0.1, 0.15) is 12.2 Å². The summed E-state index contributed by atoms with van der Waals surface area (Å²) in [7, 11) is 1.56. The van der Waals surface area contributed by atoms with Crippen LogP contribution in [-0.4, -0.2) is 49.2 Å². The van der Waals surface area contributed by atoms with Crippen LogP contribution in [0.3, 0.4) is 0 Å². The molecule has 1 aromatic carbocycles. The van der Waals surface area contributed by atoms with Crippen molar-refractivity contribution in [1.29, 1.82) is 0 Å². The fourth-order valence-electron chi connectivity index (χ4n) is 2.79. The quantitative estimate of drug-likeness (QED) is 0.684. The SMILES string of the molecule is COc1cc(Br)ccc1OCC(=O)CC1CCN(C(=O)OC(C)(C)C)C1. The number of ketones is 1. The Morgan fingerprint density at radius 3 is 2.65 bits per heavy atom. The summed E-state index contributed by atoms with van der Waals surface area (Å²) in [6.45, 7) is 6.68. The number of benzene rings is 1. The van der Waals surface area contributed by atoms with Crippen molar-refractivity contribution in [2.45, 2.75) is 39.2 Å². The molecule has 0 radical (unpaired) electrons. The monoisotopic (exact) mass is 427 g/mol. The number of halogens is 1. The number of ether oxygens (including phenoxy) is 3. The predicted octanol–water partition coefficient (Wildman–Crippen LogP) is 4.05. The van der Waals surface area contributed by atoms with E-state index < -0.39 is 5.60 Å². The van der Waals surface area contributed by atoms with Gasteiger partial charge in [-0.3, -0.25) is 4.79 Å². The summed E-state index contributed by atoms with van der Waals surface area (Å²) in [5.41, 5.74) is -0.511. The molecule has 0 bridgehead atoms. The molecule has 1 atom stereocenters. The molecular weight excluding hydrogens is 402 g/mol. The Kier molecular flexibility index (Phi) is 6.92. The highest BCUT2D eigenvalue weighted by Gasteiger charge is 2.30. The molecule has 1 unspecified atom stereocenters. The van der Waals surface area contributed by atoms with E-state index in [1.54, 1.807) is 24.1 Å². The first-order valence-electron chi connectivity index (χ1n) is 8.64. The predicted molar refractivity (Wildman–Crippen MR) is 102 cm³/mol. The van der Waals surface area contributed by atoms with Gasteiger partial charge in [-0.15, -0.1) is 0 Å². The van der Waals surface area contributed by atoms with Crippen molar-refractivity contribution in [1.82, 2.24) is 4.90 Å². The molecule has 6 nitrogen and oxygen atoms in total. The zero-order chi connectivity index (χ0) is 19.3. The highest BCUT2D eigenvalue weighted by Crippen LogP contribution is 2.30. The van der Waals surface area contributed by atoms with Gasteiger partial charge in [-0.1, -0.05) is 15.9 Å². The number of nitrogens with zero attached hydrogens (tertiary/aromatic N) is 1. The third-order valence-corrected chi connectivity index (χ3v) is 4.46. The zero-order valence-electron chi connectivity index (χ0n) is 15.7. The summed E-state index contributed by atoms with van der Waals surface area (Å²) in [6, 6.07) is 5.38. The summed E-state index contributed by atoms with van der Waals surface area (Å²) in [5.74, 6) is 1.26. The fourth-order valence-corrected chi connectivity index (χ4v) is 3.13. The lowest BCUT2D eigenvalue weighted by Crippen LogP contribution is -2.35. The van der Waals surface area contributed by atoms with Gasteiger partial charge >= 0.3 is 6.09 Å². The van der Waals surface area contributed by atoms with Crippen molar-refractivity contribution in [2.24, 2.45) is 5.92 Å². The Bertz CT molecular complexity index is 656. The van der Waals surface area contributed by atoms with Crippen LogP contribution in [-0.2, 0) is 9.53 Å². The van der Waals surface area contributed by atoms with Crippen molar-refractivity contribution >= 4 is 27.8 Å².